The summed E-state index contributed by atoms with van der Waals surface area (Å²) in [6, 6.07) is 2.74. The van der Waals surface area contributed by atoms with Gasteiger partial charge in [0.15, 0.2) is 5.76 Å². The van der Waals surface area contributed by atoms with Crippen molar-refractivity contribution in [2.24, 2.45) is 4.99 Å². The molecule has 0 amide bonds. The van der Waals surface area contributed by atoms with Gasteiger partial charge >= 0.3 is 5.88 Å². The molecule has 0 aliphatic carbocycles. The van der Waals surface area contributed by atoms with Crippen molar-refractivity contribution in [3.63, 3.8) is 0 Å². The highest BCUT2D eigenvalue weighted by molar-refractivity contribution is 7.15. The third-order valence-corrected chi connectivity index (χ3v) is 3.44. The van der Waals surface area contributed by atoms with E-state index in [1.54, 1.807) is 0 Å². The highest BCUT2D eigenvalue weighted by atomic mass is 32.1. The Morgan fingerprint density at radius 2 is 2.42 bits per heavy atom. The summed E-state index contributed by atoms with van der Waals surface area (Å²) in [7, 11) is 0. The van der Waals surface area contributed by atoms with Gasteiger partial charge in [-0.15, -0.1) is 0 Å². The monoisotopic (exact) mass is 281 g/mol. The van der Waals surface area contributed by atoms with Gasteiger partial charge in [-0.2, -0.15) is 0 Å². The number of hydrogen-bond donors (Lipinski definition) is 1. The smallest absolute Gasteiger partial charge is 0.400 e. The fourth-order valence-electron chi connectivity index (χ4n) is 1.43. The Hall–Kier alpha value is -2.06. The van der Waals surface area contributed by atoms with Crippen LogP contribution < -0.4 is 0 Å². The predicted molar refractivity (Wildman–Crippen MR) is 70.3 cm³/mol. The molecule has 100 valence electrons. The van der Waals surface area contributed by atoms with Gasteiger partial charge in [0.2, 0.25) is 5.13 Å². The number of aromatic nitrogens is 1. The molecule has 2 aromatic rings. The molecule has 0 saturated carbocycles. The van der Waals surface area contributed by atoms with Crippen LogP contribution in [0.3, 0.4) is 0 Å². The maximum absolute atomic E-state index is 10.4. The lowest BCUT2D eigenvalue weighted by Crippen LogP contribution is -1.88. The van der Waals surface area contributed by atoms with Gasteiger partial charge in [0.1, 0.15) is 4.92 Å². The van der Waals surface area contributed by atoms with Gasteiger partial charge in [-0.1, -0.05) is 11.3 Å². The number of nitrogens with zero attached hydrogens (tertiary/aromatic N) is 3. The van der Waals surface area contributed by atoms with E-state index in [0.717, 1.165) is 10.6 Å². The molecule has 0 atom stereocenters. The van der Waals surface area contributed by atoms with Gasteiger partial charge in [0.05, 0.1) is 18.0 Å². The zero-order valence-corrected chi connectivity index (χ0v) is 10.9. The molecule has 0 bridgehead atoms. The summed E-state index contributed by atoms with van der Waals surface area (Å²) in [5, 5.41) is 19.8. The number of rotatable bonds is 5. The summed E-state index contributed by atoms with van der Waals surface area (Å²) >= 11 is 1.37. The molecule has 0 aromatic carbocycles. The van der Waals surface area contributed by atoms with Crippen molar-refractivity contribution in [2.45, 2.75) is 13.3 Å². The van der Waals surface area contributed by atoms with Gasteiger partial charge in [-0.25, -0.2) is 9.98 Å². The lowest BCUT2D eigenvalue weighted by atomic mass is 10.3. The quantitative estimate of drug-likeness (QED) is 0.514. The molecule has 0 spiro atoms. The van der Waals surface area contributed by atoms with Crippen molar-refractivity contribution >= 4 is 28.6 Å². The van der Waals surface area contributed by atoms with Gasteiger partial charge in [0, 0.05) is 17.9 Å². The second-order valence-electron chi connectivity index (χ2n) is 3.67. The first-order valence-corrected chi connectivity index (χ1v) is 6.27. The molecule has 7 nitrogen and oxygen atoms in total. The topological polar surface area (TPSA) is 102 Å². The zero-order valence-electron chi connectivity index (χ0n) is 10.1. The number of furan rings is 1. The summed E-state index contributed by atoms with van der Waals surface area (Å²) in [6.45, 7) is 1.91. The molecule has 2 rings (SSSR count). The Kier molecular flexibility index (Phi) is 4.03. The van der Waals surface area contributed by atoms with Crippen molar-refractivity contribution in [1.82, 2.24) is 4.98 Å². The van der Waals surface area contributed by atoms with Crippen LogP contribution in [-0.4, -0.2) is 27.8 Å². The first kappa shape index (κ1) is 13.4. The van der Waals surface area contributed by atoms with E-state index in [4.69, 9.17) is 9.52 Å². The van der Waals surface area contributed by atoms with E-state index in [-0.39, 0.29) is 12.5 Å². The molecule has 0 fully saturated rings. The normalized spacial score (nSPS) is 11.3. The minimum atomic E-state index is -0.607. The maximum Gasteiger partial charge on any atom is 0.433 e. The third kappa shape index (κ3) is 3.24. The molecule has 8 heteroatoms. The molecular weight excluding hydrogens is 270 g/mol. The predicted octanol–water partition coefficient (Wildman–Crippen LogP) is 2.24. The fraction of sp³-hybridized carbons (Fsp3) is 0.273. The number of hydrogen-bond acceptors (Lipinski definition) is 7. The average molecular weight is 281 g/mol. The number of thiazole rings is 1. The Labute approximate surface area is 112 Å². The van der Waals surface area contributed by atoms with Crippen molar-refractivity contribution in [3.8, 4) is 0 Å². The minimum absolute atomic E-state index is 0.0660. The van der Waals surface area contributed by atoms with Gasteiger partial charge < -0.3 is 9.52 Å². The van der Waals surface area contributed by atoms with Gasteiger partial charge in [-0.3, -0.25) is 10.1 Å². The number of aryl methyl sites for hydroxylation is 1. The molecule has 0 radical (unpaired) electrons. The first-order valence-electron chi connectivity index (χ1n) is 5.45. The first-order chi connectivity index (χ1) is 9.10. The van der Waals surface area contributed by atoms with E-state index < -0.39 is 4.92 Å². The standard InChI is InChI=1S/C11H11N3O4S/c1-7-9(4-5-15)19-11(13-7)12-6-8-2-3-10(18-8)14(16)17/h2-3,6,15H,4-5H2,1H3. The molecule has 2 aromatic heterocycles. The molecule has 19 heavy (non-hydrogen) atoms. The summed E-state index contributed by atoms with van der Waals surface area (Å²) in [6.07, 6.45) is 1.93. The highest BCUT2D eigenvalue weighted by Crippen LogP contribution is 2.25. The van der Waals surface area contributed by atoms with Crippen LogP contribution >= 0.6 is 11.3 Å². The number of aliphatic hydroxyl groups excluding tert-OH is 1. The second kappa shape index (κ2) is 5.72. The Balaban J connectivity index is 2.13. The summed E-state index contributed by atoms with van der Waals surface area (Å²) in [4.78, 5) is 19.1. The van der Waals surface area contributed by atoms with Crippen LogP contribution in [0, 0.1) is 17.0 Å². The van der Waals surface area contributed by atoms with Crippen LogP contribution in [0.15, 0.2) is 21.5 Å². The van der Waals surface area contributed by atoms with E-state index in [0.29, 0.717) is 17.3 Å². The Morgan fingerprint density at radius 3 is 3.05 bits per heavy atom. The molecule has 1 N–H and O–H groups in total. The summed E-state index contributed by atoms with van der Waals surface area (Å²) < 4.78 is 4.94. The number of aliphatic hydroxyl groups is 1. The van der Waals surface area contributed by atoms with Crippen LogP contribution in [0.1, 0.15) is 16.3 Å². The molecular formula is C11H11N3O4S. The lowest BCUT2D eigenvalue weighted by Gasteiger charge is -1.89. The molecule has 0 aliphatic heterocycles. The summed E-state index contributed by atoms with van der Waals surface area (Å²) in [5.41, 5.74) is 0.830. The average Bonchev–Trinajstić information content (AvgIpc) is 2.95. The van der Waals surface area contributed by atoms with Crippen molar-refractivity contribution < 1.29 is 14.4 Å². The third-order valence-electron chi connectivity index (χ3n) is 2.32. The fourth-order valence-corrected chi connectivity index (χ4v) is 2.33. The second-order valence-corrected chi connectivity index (χ2v) is 4.73. The molecule has 0 aliphatic rings. The Morgan fingerprint density at radius 1 is 1.63 bits per heavy atom. The molecule has 0 saturated heterocycles. The minimum Gasteiger partial charge on any atom is -0.400 e. The van der Waals surface area contributed by atoms with Crippen LogP contribution in [-0.2, 0) is 6.42 Å². The van der Waals surface area contributed by atoms with E-state index in [9.17, 15) is 10.1 Å². The largest absolute Gasteiger partial charge is 0.433 e. The van der Waals surface area contributed by atoms with Crippen LogP contribution in [0.5, 0.6) is 0 Å². The van der Waals surface area contributed by atoms with Crippen molar-refractivity contribution in [3.05, 3.63) is 38.6 Å². The maximum atomic E-state index is 10.4. The highest BCUT2D eigenvalue weighted by Gasteiger charge is 2.10. The molecule has 0 unspecified atom stereocenters. The van der Waals surface area contributed by atoms with Crippen LogP contribution in [0.2, 0.25) is 0 Å². The van der Waals surface area contributed by atoms with E-state index in [2.05, 4.69) is 9.98 Å². The number of aliphatic imine (C=N–C) groups is 1. The van der Waals surface area contributed by atoms with Gasteiger partial charge in [-0.05, 0) is 13.0 Å². The molecule has 2 heterocycles. The van der Waals surface area contributed by atoms with E-state index >= 15 is 0 Å². The van der Waals surface area contributed by atoms with Crippen LogP contribution in [0.25, 0.3) is 0 Å². The van der Waals surface area contributed by atoms with E-state index in [1.807, 2.05) is 6.92 Å². The summed E-state index contributed by atoms with van der Waals surface area (Å²) in [5.74, 6) is -0.0269. The zero-order chi connectivity index (χ0) is 13.8. The SMILES string of the molecule is Cc1nc(N=Cc2ccc([N+](=O)[O-])o2)sc1CCO. The Bertz CT molecular complexity index is 617. The van der Waals surface area contributed by atoms with Crippen LogP contribution in [0.4, 0.5) is 11.0 Å². The van der Waals surface area contributed by atoms with Gasteiger partial charge in [0.25, 0.3) is 0 Å². The lowest BCUT2D eigenvalue weighted by molar-refractivity contribution is -0.402. The van der Waals surface area contributed by atoms with Crippen molar-refractivity contribution in [2.75, 3.05) is 6.61 Å². The van der Waals surface area contributed by atoms with Crippen molar-refractivity contribution in [1.29, 1.82) is 0 Å². The number of nitro groups is 1. The van der Waals surface area contributed by atoms with E-state index in [1.165, 1.54) is 29.7 Å².